The van der Waals surface area contributed by atoms with Crippen LogP contribution in [0, 0.1) is 11.8 Å². The van der Waals surface area contributed by atoms with Crippen LogP contribution in [0.15, 0.2) is 42.5 Å². The summed E-state index contributed by atoms with van der Waals surface area (Å²) in [4.78, 5) is 12.9. The summed E-state index contributed by atoms with van der Waals surface area (Å²) >= 11 is 0. The second-order valence-corrected chi connectivity index (χ2v) is 8.96. The molecule has 2 aliphatic carbocycles. The van der Waals surface area contributed by atoms with Gasteiger partial charge in [0.1, 0.15) is 12.4 Å². The van der Waals surface area contributed by atoms with Crippen molar-refractivity contribution < 1.29 is 14.3 Å². The van der Waals surface area contributed by atoms with Gasteiger partial charge in [-0.15, -0.1) is 0 Å². The number of carbonyl (C=O) groups is 1. The lowest BCUT2D eigenvalue weighted by atomic mass is 9.51. The number of nitrogens with one attached hydrogen (secondary N) is 1. The van der Waals surface area contributed by atoms with Gasteiger partial charge in [-0.2, -0.15) is 0 Å². The molecule has 0 aromatic heterocycles. The Morgan fingerprint density at radius 3 is 2.79 bits per heavy atom. The first-order valence-electron chi connectivity index (χ1n) is 10.8. The van der Waals surface area contributed by atoms with E-state index in [1.54, 1.807) is 7.11 Å². The monoisotopic (exact) mass is 391 g/mol. The molecule has 2 aromatic rings. The third-order valence-electron chi connectivity index (χ3n) is 7.41. The molecule has 1 heterocycles. The van der Waals surface area contributed by atoms with Gasteiger partial charge in [-0.1, -0.05) is 43.3 Å². The van der Waals surface area contributed by atoms with Crippen LogP contribution < -0.4 is 14.8 Å². The van der Waals surface area contributed by atoms with Gasteiger partial charge < -0.3 is 14.8 Å². The first kappa shape index (κ1) is 18.7. The highest BCUT2D eigenvalue weighted by atomic mass is 16.5. The molecule has 4 atom stereocenters. The zero-order valence-corrected chi connectivity index (χ0v) is 17.2. The number of ketones is 1. The fourth-order valence-corrected chi connectivity index (χ4v) is 6.00. The van der Waals surface area contributed by atoms with Crippen molar-refractivity contribution in [3.8, 4) is 11.5 Å². The second kappa shape index (κ2) is 7.17. The minimum absolute atomic E-state index is 0.131. The van der Waals surface area contributed by atoms with Crippen LogP contribution in [-0.2, 0) is 23.2 Å². The molecule has 0 radical (unpaired) electrons. The predicted octanol–water partition coefficient (Wildman–Crippen LogP) is 4.05. The Morgan fingerprint density at radius 2 is 2.00 bits per heavy atom. The number of ether oxygens (including phenoxy) is 2. The SMILES string of the molecule is COc1ccc2c(c1OCc1ccccc1)[C@@]13CCN[C@@H](C2)[C@H]1CC(C)C(=O)C3. The zero-order valence-electron chi connectivity index (χ0n) is 17.2. The molecule has 2 fully saturated rings. The van der Waals surface area contributed by atoms with Gasteiger partial charge in [0, 0.05) is 29.4 Å². The minimum Gasteiger partial charge on any atom is -0.493 e. The van der Waals surface area contributed by atoms with Gasteiger partial charge in [-0.05, 0) is 48.9 Å². The van der Waals surface area contributed by atoms with Gasteiger partial charge in [0.15, 0.2) is 11.5 Å². The number of benzene rings is 2. The molecular weight excluding hydrogens is 362 g/mol. The fourth-order valence-electron chi connectivity index (χ4n) is 6.00. The van der Waals surface area contributed by atoms with Crippen molar-refractivity contribution in [1.82, 2.24) is 5.32 Å². The van der Waals surface area contributed by atoms with E-state index in [9.17, 15) is 4.79 Å². The number of hydrogen-bond acceptors (Lipinski definition) is 4. The van der Waals surface area contributed by atoms with Crippen LogP contribution in [0.1, 0.15) is 42.9 Å². The van der Waals surface area contributed by atoms with Crippen molar-refractivity contribution in [2.24, 2.45) is 11.8 Å². The number of fused-ring (bicyclic) bond motifs is 1. The number of hydrogen-bond donors (Lipinski definition) is 1. The van der Waals surface area contributed by atoms with Crippen LogP contribution in [0.4, 0.5) is 0 Å². The van der Waals surface area contributed by atoms with Gasteiger partial charge in [0.05, 0.1) is 7.11 Å². The van der Waals surface area contributed by atoms with Crippen molar-refractivity contribution in [1.29, 1.82) is 0 Å². The molecule has 4 heteroatoms. The summed E-state index contributed by atoms with van der Waals surface area (Å²) in [7, 11) is 1.70. The molecule has 0 amide bonds. The molecule has 1 saturated heterocycles. The quantitative estimate of drug-likeness (QED) is 0.854. The molecule has 152 valence electrons. The first-order chi connectivity index (χ1) is 14.1. The normalized spacial score (nSPS) is 30.3. The molecule has 0 spiro atoms. The smallest absolute Gasteiger partial charge is 0.165 e. The molecule has 3 aliphatic rings. The van der Waals surface area contributed by atoms with Crippen molar-refractivity contribution in [3.05, 3.63) is 59.2 Å². The van der Waals surface area contributed by atoms with Crippen molar-refractivity contribution in [2.75, 3.05) is 13.7 Å². The topological polar surface area (TPSA) is 47.6 Å². The summed E-state index contributed by atoms with van der Waals surface area (Å²) in [6.07, 6.45) is 3.56. The lowest BCUT2D eigenvalue weighted by Crippen LogP contribution is -2.61. The first-order valence-corrected chi connectivity index (χ1v) is 10.8. The summed E-state index contributed by atoms with van der Waals surface area (Å²) in [6.45, 7) is 3.55. The molecular formula is C25H29NO3. The van der Waals surface area contributed by atoms with E-state index >= 15 is 0 Å². The molecule has 1 N–H and O–H groups in total. The van der Waals surface area contributed by atoms with Gasteiger partial charge in [-0.3, -0.25) is 4.79 Å². The minimum atomic E-state index is -0.131. The number of rotatable bonds is 4. The Kier molecular flexibility index (Phi) is 4.62. The third-order valence-corrected chi connectivity index (χ3v) is 7.41. The summed E-state index contributed by atoms with van der Waals surface area (Å²) < 4.78 is 12.2. The molecule has 2 bridgehead atoms. The summed E-state index contributed by atoms with van der Waals surface area (Å²) in [5, 5.41) is 3.74. The van der Waals surface area contributed by atoms with E-state index in [-0.39, 0.29) is 11.3 Å². The summed E-state index contributed by atoms with van der Waals surface area (Å²) in [5.74, 6) is 2.64. The largest absolute Gasteiger partial charge is 0.493 e. The number of methoxy groups -OCH3 is 1. The molecule has 1 saturated carbocycles. The summed E-state index contributed by atoms with van der Waals surface area (Å²) in [6, 6.07) is 14.9. The van der Waals surface area contributed by atoms with Crippen LogP contribution in [0.2, 0.25) is 0 Å². The maximum absolute atomic E-state index is 12.9. The van der Waals surface area contributed by atoms with Crippen molar-refractivity contribution in [3.63, 3.8) is 0 Å². The van der Waals surface area contributed by atoms with E-state index < -0.39 is 0 Å². The molecule has 5 rings (SSSR count). The molecule has 1 unspecified atom stereocenters. The molecule has 1 aliphatic heterocycles. The Bertz CT molecular complexity index is 925. The number of piperidine rings is 1. The highest BCUT2D eigenvalue weighted by molar-refractivity contribution is 5.84. The Morgan fingerprint density at radius 1 is 1.17 bits per heavy atom. The van der Waals surface area contributed by atoms with Crippen LogP contribution >= 0.6 is 0 Å². The van der Waals surface area contributed by atoms with E-state index in [0.717, 1.165) is 42.9 Å². The van der Waals surface area contributed by atoms with Crippen LogP contribution in [0.25, 0.3) is 0 Å². The third kappa shape index (κ3) is 2.96. The van der Waals surface area contributed by atoms with Crippen LogP contribution in [0.3, 0.4) is 0 Å². The summed E-state index contributed by atoms with van der Waals surface area (Å²) in [5.41, 5.74) is 3.56. The van der Waals surface area contributed by atoms with Gasteiger partial charge in [0.2, 0.25) is 0 Å². The van der Waals surface area contributed by atoms with Crippen LogP contribution in [-0.4, -0.2) is 25.5 Å². The zero-order chi connectivity index (χ0) is 20.0. The van der Waals surface area contributed by atoms with Gasteiger partial charge >= 0.3 is 0 Å². The van der Waals surface area contributed by atoms with E-state index in [4.69, 9.17) is 9.47 Å². The highest BCUT2D eigenvalue weighted by Crippen LogP contribution is 2.58. The number of Topliss-reactive ketones (excluding diaryl/α,β-unsaturated/α-hetero) is 1. The predicted molar refractivity (Wildman–Crippen MR) is 112 cm³/mol. The molecule has 2 aromatic carbocycles. The molecule has 4 nitrogen and oxygen atoms in total. The van der Waals surface area contributed by atoms with Gasteiger partial charge in [0.25, 0.3) is 0 Å². The van der Waals surface area contributed by atoms with E-state index in [2.05, 4.69) is 30.4 Å². The van der Waals surface area contributed by atoms with E-state index in [1.807, 2.05) is 24.3 Å². The van der Waals surface area contributed by atoms with E-state index in [1.165, 1.54) is 11.1 Å². The van der Waals surface area contributed by atoms with Crippen LogP contribution in [0.5, 0.6) is 11.5 Å². The number of carbonyl (C=O) groups excluding carboxylic acids is 1. The maximum atomic E-state index is 12.9. The lowest BCUT2D eigenvalue weighted by Gasteiger charge is -2.56. The van der Waals surface area contributed by atoms with Gasteiger partial charge in [-0.25, -0.2) is 0 Å². The standard InChI is InChI=1S/C25H29NO3/c1-16-12-19-20-13-18-8-9-22(28-2)24(29-15-17-6-4-3-5-7-17)23(18)25(19,10-11-26-20)14-21(16)27/h3-9,16,19-20,26H,10-15H2,1-2H3/t16?,19-,20+,25-/m1/s1. The van der Waals surface area contributed by atoms with E-state index in [0.29, 0.717) is 30.8 Å². The lowest BCUT2D eigenvalue weighted by molar-refractivity contribution is -0.129. The van der Waals surface area contributed by atoms with Crippen molar-refractivity contribution in [2.45, 2.75) is 50.7 Å². The Balaban J connectivity index is 1.62. The average Bonchev–Trinajstić information content (AvgIpc) is 2.73. The Labute approximate surface area is 172 Å². The molecule has 29 heavy (non-hydrogen) atoms. The highest BCUT2D eigenvalue weighted by Gasteiger charge is 2.56. The fraction of sp³-hybridized carbons (Fsp3) is 0.480. The average molecular weight is 392 g/mol. The van der Waals surface area contributed by atoms with Crippen molar-refractivity contribution >= 4 is 5.78 Å². The maximum Gasteiger partial charge on any atom is 0.165 e. The Hall–Kier alpha value is -2.33. The second-order valence-electron chi connectivity index (χ2n) is 8.96.